The van der Waals surface area contributed by atoms with Gasteiger partial charge in [0.2, 0.25) is 0 Å². The molecule has 0 N–H and O–H groups in total. The standard InChI is InChI=1S/C15H14N2O3/c1-20-14-7-4-5-12(9-14)15(18)11-17-8-3-2-6-13(17)10-16-19/h2-10H,11H2,1H3. The number of hydrogen-bond donors (Lipinski definition) is 0. The van der Waals surface area contributed by atoms with Crippen molar-refractivity contribution in [2.75, 3.05) is 13.7 Å². The van der Waals surface area contributed by atoms with Crippen LogP contribution in [0.3, 0.4) is 0 Å². The van der Waals surface area contributed by atoms with Crippen molar-refractivity contribution in [2.24, 2.45) is 5.18 Å². The predicted octanol–water partition coefficient (Wildman–Crippen LogP) is 2.87. The summed E-state index contributed by atoms with van der Waals surface area (Å²) in [6.07, 6.45) is 8.21. The van der Waals surface area contributed by atoms with Gasteiger partial charge in [0.05, 0.1) is 25.6 Å². The Morgan fingerprint density at radius 3 is 3.00 bits per heavy atom. The molecule has 2 rings (SSSR count). The SMILES string of the molecule is COc1cccc(C(=O)CN2C=CC=CC2=CN=O)c1. The molecule has 0 aliphatic carbocycles. The molecule has 1 aromatic carbocycles. The third-order valence-electron chi connectivity index (χ3n) is 2.87. The van der Waals surface area contributed by atoms with Crippen molar-refractivity contribution in [1.82, 2.24) is 4.90 Å². The van der Waals surface area contributed by atoms with Crippen molar-refractivity contribution < 1.29 is 9.53 Å². The highest BCUT2D eigenvalue weighted by molar-refractivity contribution is 5.98. The summed E-state index contributed by atoms with van der Waals surface area (Å²) in [5, 5.41) is 2.75. The van der Waals surface area contributed by atoms with Gasteiger partial charge in [0.1, 0.15) is 5.75 Å². The second kappa shape index (κ2) is 6.47. The van der Waals surface area contributed by atoms with Crippen LogP contribution in [0.15, 0.2) is 65.8 Å². The number of ketones is 1. The van der Waals surface area contributed by atoms with Crippen LogP contribution in [0.4, 0.5) is 0 Å². The molecule has 5 nitrogen and oxygen atoms in total. The summed E-state index contributed by atoms with van der Waals surface area (Å²) in [5.41, 5.74) is 1.14. The van der Waals surface area contributed by atoms with Crippen LogP contribution in [-0.4, -0.2) is 24.3 Å². The Kier molecular flexibility index (Phi) is 4.44. The molecule has 0 bridgehead atoms. The number of Topliss-reactive ketones (excluding diaryl/α,β-unsaturated/α-hetero) is 1. The van der Waals surface area contributed by atoms with Gasteiger partial charge in [-0.3, -0.25) is 4.79 Å². The van der Waals surface area contributed by atoms with E-state index in [1.807, 2.05) is 0 Å². The van der Waals surface area contributed by atoms with E-state index < -0.39 is 0 Å². The van der Waals surface area contributed by atoms with Crippen molar-refractivity contribution in [3.8, 4) is 5.75 Å². The number of benzene rings is 1. The largest absolute Gasteiger partial charge is 0.497 e. The molecule has 0 saturated heterocycles. The van der Waals surface area contributed by atoms with Crippen molar-refractivity contribution in [3.63, 3.8) is 0 Å². The van der Waals surface area contributed by atoms with E-state index in [-0.39, 0.29) is 12.3 Å². The minimum atomic E-state index is -0.0688. The first kappa shape index (κ1) is 13.7. The van der Waals surface area contributed by atoms with Gasteiger partial charge in [0, 0.05) is 11.8 Å². The molecule has 1 heterocycles. The summed E-state index contributed by atoms with van der Waals surface area (Å²) in [4.78, 5) is 24.3. The summed E-state index contributed by atoms with van der Waals surface area (Å²) in [5.74, 6) is 0.566. The van der Waals surface area contributed by atoms with Gasteiger partial charge in [0.15, 0.2) is 5.78 Å². The highest BCUT2D eigenvalue weighted by atomic mass is 16.5. The van der Waals surface area contributed by atoms with Crippen LogP contribution in [0.5, 0.6) is 5.75 Å². The molecule has 0 saturated carbocycles. The number of carbonyl (C=O) groups is 1. The van der Waals surface area contributed by atoms with E-state index in [1.54, 1.807) is 60.7 Å². The molecule has 1 aliphatic rings. The first-order valence-corrected chi connectivity index (χ1v) is 6.06. The van der Waals surface area contributed by atoms with E-state index >= 15 is 0 Å². The second-order valence-electron chi connectivity index (χ2n) is 4.14. The topological polar surface area (TPSA) is 59.0 Å². The third kappa shape index (κ3) is 3.20. The average Bonchev–Trinajstić information content (AvgIpc) is 2.49. The lowest BCUT2D eigenvalue weighted by atomic mass is 10.1. The molecule has 0 aromatic heterocycles. The fraction of sp³-hybridized carbons (Fsp3) is 0.133. The van der Waals surface area contributed by atoms with Gasteiger partial charge < -0.3 is 9.64 Å². The summed E-state index contributed by atoms with van der Waals surface area (Å²) in [6.45, 7) is 0.134. The Morgan fingerprint density at radius 2 is 2.25 bits per heavy atom. The minimum absolute atomic E-state index is 0.0688. The molecule has 102 valence electrons. The van der Waals surface area contributed by atoms with Crippen LogP contribution in [0.2, 0.25) is 0 Å². The summed E-state index contributed by atoms with van der Waals surface area (Å²) >= 11 is 0. The monoisotopic (exact) mass is 270 g/mol. The second-order valence-corrected chi connectivity index (χ2v) is 4.14. The van der Waals surface area contributed by atoms with Gasteiger partial charge in [-0.1, -0.05) is 18.2 Å². The molecule has 0 amide bonds. The Labute approximate surface area is 116 Å². The number of rotatable bonds is 5. The first-order valence-electron chi connectivity index (χ1n) is 6.06. The Morgan fingerprint density at radius 1 is 1.40 bits per heavy atom. The lowest BCUT2D eigenvalue weighted by Gasteiger charge is -2.22. The van der Waals surface area contributed by atoms with Gasteiger partial charge >= 0.3 is 0 Å². The van der Waals surface area contributed by atoms with Crippen LogP contribution in [0.25, 0.3) is 0 Å². The third-order valence-corrected chi connectivity index (χ3v) is 2.87. The van der Waals surface area contributed by atoms with Crippen LogP contribution in [0, 0.1) is 4.91 Å². The molecule has 0 spiro atoms. The molecule has 1 aliphatic heterocycles. The number of allylic oxidation sites excluding steroid dienone is 3. The van der Waals surface area contributed by atoms with Crippen LogP contribution >= 0.6 is 0 Å². The Balaban J connectivity index is 2.14. The van der Waals surface area contributed by atoms with Crippen molar-refractivity contribution in [3.05, 3.63) is 71.1 Å². The average molecular weight is 270 g/mol. The quantitative estimate of drug-likeness (QED) is 0.609. The van der Waals surface area contributed by atoms with E-state index in [4.69, 9.17) is 4.74 Å². The smallest absolute Gasteiger partial charge is 0.182 e. The number of nitroso groups, excluding NO2 is 1. The van der Waals surface area contributed by atoms with Crippen LogP contribution in [-0.2, 0) is 0 Å². The van der Waals surface area contributed by atoms with Gasteiger partial charge in [0.25, 0.3) is 0 Å². The number of carbonyl (C=O) groups excluding carboxylic acids is 1. The maximum absolute atomic E-state index is 12.2. The molecule has 0 atom stereocenters. The van der Waals surface area contributed by atoms with Gasteiger partial charge in [-0.05, 0) is 29.5 Å². The summed E-state index contributed by atoms with van der Waals surface area (Å²) < 4.78 is 5.10. The van der Waals surface area contributed by atoms with Crippen molar-refractivity contribution in [1.29, 1.82) is 0 Å². The molecular weight excluding hydrogens is 256 g/mol. The normalized spacial score (nSPS) is 15.4. The molecule has 0 radical (unpaired) electrons. The minimum Gasteiger partial charge on any atom is -0.497 e. The summed E-state index contributed by atoms with van der Waals surface area (Å²) in [7, 11) is 1.55. The number of nitrogens with zero attached hydrogens (tertiary/aromatic N) is 2. The zero-order valence-electron chi connectivity index (χ0n) is 11.0. The highest BCUT2D eigenvalue weighted by Crippen LogP contribution is 2.16. The van der Waals surface area contributed by atoms with E-state index in [2.05, 4.69) is 5.18 Å². The maximum Gasteiger partial charge on any atom is 0.182 e. The number of methoxy groups -OCH3 is 1. The van der Waals surface area contributed by atoms with E-state index in [1.165, 1.54) is 6.20 Å². The molecular formula is C15H14N2O3. The van der Waals surface area contributed by atoms with Gasteiger partial charge in [-0.2, -0.15) is 0 Å². The zero-order chi connectivity index (χ0) is 14.4. The fourth-order valence-electron chi connectivity index (χ4n) is 1.85. The lowest BCUT2D eigenvalue weighted by molar-refractivity contribution is 0.0967. The highest BCUT2D eigenvalue weighted by Gasteiger charge is 2.14. The van der Waals surface area contributed by atoms with Crippen molar-refractivity contribution in [2.45, 2.75) is 0 Å². The maximum atomic E-state index is 12.2. The van der Waals surface area contributed by atoms with Crippen LogP contribution in [0.1, 0.15) is 10.4 Å². The molecule has 1 aromatic rings. The molecule has 20 heavy (non-hydrogen) atoms. The first-order chi connectivity index (χ1) is 9.74. The fourth-order valence-corrected chi connectivity index (χ4v) is 1.85. The molecule has 5 heteroatoms. The summed E-state index contributed by atoms with van der Waals surface area (Å²) in [6, 6.07) is 6.96. The Hall–Kier alpha value is -2.69. The van der Waals surface area contributed by atoms with Gasteiger partial charge in [-0.25, -0.2) is 0 Å². The van der Waals surface area contributed by atoms with E-state index in [0.717, 1.165) is 0 Å². The van der Waals surface area contributed by atoms with E-state index in [9.17, 15) is 9.70 Å². The van der Waals surface area contributed by atoms with Gasteiger partial charge in [-0.15, -0.1) is 4.91 Å². The Bertz CT molecular complexity index is 603. The number of ether oxygens (including phenoxy) is 1. The van der Waals surface area contributed by atoms with E-state index in [0.29, 0.717) is 17.0 Å². The lowest BCUT2D eigenvalue weighted by Crippen LogP contribution is -2.25. The predicted molar refractivity (Wildman–Crippen MR) is 76.2 cm³/mol. The molecule has 0 fully saturated rings. The molecule has 0 unspecified atom stereocenters. The van der Waals surface area contributed by atoms with Crippen LogP contribution < -0.4 is 4.74 Å². The van der Waals surface area contributed by atoms with Crippen molar-refractivity contribution >= 4 is 5.78 Å². The number of hydrogen-bond acceptors (Lipinski definition) is 5. The zero-order valence-corrected chi connectivity index (χ0v) is 11.0.